The first kappa shape index (κ1) is 20.4. The second-order valence-corrected chi connectivity index (χ2v) is 8.13. The highest BCUT2D eigenvalue weighted by Crippen LogP contribution is 2.33. The number of ether oxygens (including phenoxy) is 1. The van der Waals surface area contributed by atoms with Crippen molar-refractivity contribution in [3.05, 3.63) is 35.5 Å². The molecule has 30 heavy (non-hydrogen) atoms. The summed E-state index contributed by atoms with van der Waals surface area (Å²) in [5.74, 6) is 0.465. The minimum Gasteiger partial charge on any atom is -0.461 e. The van der Waals surface area contributed by atoms with Crippen LogP contribution in [-0.2, 0) is 9.53 Å². The second-order valence-electron chi connectivity index (χ2n) is 8.13. The van der Waals surface area contributed by atoms with Gasteiger partial charge in [-0.1, -0.05) is 37.8 Å². The van der Waals surface area contributed by atoms with Crippen molar-refractivity contribution in [2.45, 2.75) is 38.5 Å². The first-order chi connectivity index (χ1) is 14.8. The highest BCUT2D eigenvalue weighted by Gasteiger charge is 2.29. The highest BCUT2D eigenvalue weighted by molar-refractivity contribution is 6.12. The fraction of sp³-hybridized carbons (Fsp3) is 0.522. The van der Waals surface area contributed by atoms with Gasteiger partial charge in [0.1, 0.15) is 11.8 Å². The van der Waals surface area contributed by atoms with Gasteiger partial charge in [-0.15, -0.1) is 0 Å². The van der Waals surface area contributed by atoms with E-state index < -0.39 is 5.97 Å². The molecule has 2 N–H and O–H groups in total. The molecule has 7 nitrogen and oxygen atoms in total. The van der Waals surface area contributed by atoms with Crippen molar-refractivity contribution >= 4 is 23.2 Å². The van der Waals surface area contributed by atoms with E-state index in [1.165, 1.54) is 25.7 Å². The van der Waals surface area contributed by atoms with E-state index in [2.05, 4.69) is 21.6 Å². The van der Waals surface area contributed by atoms with Gasteiger partial charge in [-0.3, -0.25) is 0 Å². The Hall–Kier alpha value is -2.85. The number of esters is 1. The Morgan fingerprint density at radius 2 is 1.90 bits per heavy atom. The van der Waals surface area contributed by atoms with Crippen LogP contribution in [0.2, 0.25) is 0 Å². The third-order valence-electron chi connectivity index (χ3n) is 6.02. The number of carbonyl (C=O) groups is 1. The Labute approximate surface area is 177 Å². The zero-order valence-corrected chi connectivity index (χ0v) is 17.3. The summed E-state index contributed by atoms with van der Waals surface area (Å²) in [5.41, 5.74) is 2.04. The van der Waals surface area contributed by atoms with Crippen LogP contribution < -0.4 is 10.6 Å². The van der Waals surface area contributed by atoms with Crippen molar-refractivity contribution in [1.82, 2.24) is 10.2 Å². The van der Waals surface area contributed by atoms with Gasteiger partial charge < -0.3 is 20.3 Å². The fourth-order valence-corrected chi connectivity index (χ4v) is 4.32. The van der Waals surface area contributed by atoms with Gasteiger partial charge in [0.2, 0.25) is 0 Å². The molecule has 1 aromatic rings. The van der Waals surface area contributed by atoms with E-state index in [1.54, 1.807) is 0 Å². The van der Waals surface area contributed by atoms with Crippen LogP contribution in [0.3, 0.4) is 0 Å². The maximum absolute atomic E-state index is 12.9. The molecule has 4 rings (SSSR count). The molecule has 0 bridgehead atoms. The number of nitrogens with zero attached hydrogens (tertiary/aromatic N) is 3. The van der Waals surface area contributed by atoms with E-state index in [-0.39, 0.29) is 5.57 Å². The molecule has 2 aliphatic heterocycles. The summed E-state index contributed by atoms with van der Waals surface area (Å²) in [6.45, 7) is 3.59. The van der Waals surface area contributed by atoms with Gasteiger partial charge in [-0.25, -0.2) is 9.79 Å². The third kappa shape index (κ3) is 4.65. The van der Waals surface area contributed by atoms with E-state index in [0.29, 0.717) is 24.1 Å². The maximum atomic E-state index is 12.9. The average molecular weight is 408 g/mol. The number of anilines is 1. The van der Waals surface area contributed by atoms with Crippen LogP contribution in [-0.4, -0.2) is 49.5 Å². The summed E-state index contributed by atoms with van der Waals surface area (Å²) >= 11 is 0. The van der Waals surface area contributed by atoms with Gasteiger partial charge in [0.05, 0.1) is 18.0 Å². The Morgan fingerprint density at radius 1 is 1.17 bits per heavy atom. The maximum Gasteiger partial charge on any atom is 0.351 e. The molecule has 1 aromatic carbocycles. The fourth-order valence-electron chi connectivity index (χ4n) is 4.32. The van der Waals surface area contributed by atoms with E-state index in [9.17, 15) is 10.1 Å². The third-order valence-corrected chi connectivity index (χ3v) is 6.02. The quantitative estimate of drug-likeness (QED) is 0.346. The molecule has 0 amide bonds. The van der Waals surface area contributed by atoms with Crippen molar-refractivity contribution in [2.75, 3.05) is 38.1 Å². The molecule has 0 unspecified atom stereocenters. The van der Waals surface area contributed by atoms with Crippen LogP contribution in [0.5, 0.6) is 0 Å². The normalized spacial score (nSPS) is 21.4. The van der Waals surface area contributed by atoms with Gasteiger partial charge >= 0.3 is 5.97 Å². The lowest BCUT2D eigenvalue weighted by Crippen LogP contribution is -2.48. The number of nitriles is 1. The Morgan fingerprint density at radius 3 is 2.63 bits per heavy atom. The molecular formula is C23H29N5O2. The molecule has 0 aromatic heterocycles. The molecule has 158 valence electrons. The second kappa shape index (κ2) is 9.77. The summed E-state index contributed by atoms with van der Waals surface area (Å²) in [7, 11) is 0. The topological polar surface area (TPSA) is 89.8 Å². The van der Waals surface area contributed by atoms with E-state index >= 15 is 0 Å². The van der Waals surface area contributed by atoms with Crippen LogP contribution in [0.4, 0.5) is 11.4 Å². The number of carbonyl (C=O) groups excluding carboxylic acids is 1. The number of aliphatic imine (C=N–C) groups is 1. The van der Waals surface area contributed by atoms with E-state index in [1.807, 2.05) is 24.3 Å². The number of benzene rings is 1. The zero-order valence-electron chi connectivity index (χ0n) is 17.3. The molecule has 1 saturated heterocycles. The molecule has 1 aliphatic carbocycles. The summed E-state index contributed by atoms with van der Waals surface area (Å²) in [5, 5.41) is 16.5. The van der Waals surface area contributed by atoms with Gasteiger partial charge in [0.15, 0.2) is 11.4 Å². The largest absolute Gasteiger partial charge is 0.461 e. The number of hydrogen-bond acceptors (Lipinski definition) is 7. The first-order valence-corrected chi connectivity index (χ1v) is 11.0. The summed E-state index contributed by atoms with van der Waals surface area (Å²) < 4.78 is 5.62. The number of rotatable bonds is 3. The van der Waals surface area contributed by atoms with Crippen molar-refractivity contribution in [3.63, 3.8) is 0 Å². The lowest BCUT2D eigenvalue weighted by Gasteiger charge is -2.34. The summed E-state index contributed by atoms with van der Waals surface area (Å²) in [4.78, 5) is 19.8. The Kier molecular flexibility index (Phi) is 6.65. The SMILES string of the molecule is N#CC(C(=O)OCC1CCCCCC1)=C1Nc2ccccc2N=C1N1CCNCC1. The molecule has 0 radical (unpaired) electrons. The van der Waals surface area contributed by atoms with Crippen LogP contribution in [0.25, 0.3) is 0 Å². The molecule has 0 atom stereocenters. The Bertz CT molecular complexity index is 872. The lowest BCUT2D eigenvalue weighted by atomic mass is 10.0. The molecule has 7 heteroatoms. The molecule has 2 heterocycles. The average Bonchev–Trinajstić information content (AvgIpc) is 3.07. The number of piperazine rings is 1. The van der Waals surface area contributed by atoms with Gasteiger partial charge in [-0.05, 0) is 30.9 Å². The van der Waals surface area contributed by atoms with Crippen molar-refractivity contribution in [3.8, 4) is 6.07 Å². The molecule has 2 fully saturated rings. The highest BCUT2D eigenvalue weighted by atomic mass is 16.5. The number of nitrogens with one attached hydrogen (secondary N) is 2. The predicted octanol–water partition coefficient (Wildman–Crippen LogP) is 3.34. The van der Waals surface area contributed by atoms with Gasteiger partial charge in [0.25, 0.3) is 0 Å². The standard InChI is InChI=1S/C23H29N5O2/c24-15-18(23(29)30-16-17-7-3-1-2-4-8-17)21-22(28-13-11-25-12-14-28)27-20-10-6-5-9-19(20)26-21/h5-6,9-10,17,25-26H,1-4,7-8,11-14,16H2. The van der Waals surface area contributed by atoms with Crippen LogP contribution in [0, 0.1) is 17.2 Å². The van der Waals surface area contributed by atoms with Gasteiger partial charge in [0, 0.05) is 26.2 Å². The first-order valence-electron chi connectivity index (χ1n) is 11.0. The van der Waals surface area contributed by atoms with Gasteiger partial charge in [-0.2, -0.15) is 5.26 Å². The number of amidine groups is 1. The molecule has 1 saturated carbocycles. The van der Waals surface area contributed by atoms with Crippen LogP contribution in [0.1, 0.15) is 38.5 Å². The predicted molar refractivity (Wildman–Crippen MR) is 116 cm³/mol. The Balaban J connectivity index is 1.59. The lowest BCUT2D eigenvalue weighted by molar-refractivity contribution is -0.140. The van der Waals surface area contributed by atoms with E-state index in [0.717, 1.165) is 50.4 Å². The minimum atomic E-state index is -0.563. The van der Waals surface area contributed by atoms with E-state index in [4.69, 9.17) is 9.73 Å². The zero-order chi connectivity index (χ0) is 20.8. The molecule has 0 spiro atoms. The minimum absolute atomic E-state index is 0.00425. The smallest absolute Gasteiger partial charge is 0.351 e. The van der Waals surface area contributed by atoms with Crippen molar-refractivity contribution < 1.29 is 9.53 Å². The summed E-state index contributed by atoms with van der Waals surface area (Å²) in [6.07, 6.45) is 7.06. The van der Waals surface area contributed by atoms with Crippen LogP contribution in [0.15, 0.2) is 40.5 Å². The monoisotopic (exact) mass is 407 g/mol. The van der Waals surface area contributed by atoms with Crippen LogP contribution >= 0.6 is 0 Å². The number of fused-ring (bicyclic) bond motifs is 1. The molecular weight excluding hydrogens is 378 g/mol. The number of para-hydroxylation sites is 2. The summed E-state index contributed by atoms with van der Waals surface area (Å²) in [6, 6.07) is 9.76. The van der Waals surface area contributed by atoms with Crippen molar-refractivity contribution in [2.24, 2.45) is 10.9 Å². The van der Waals surface area contributed by atoms with Crippen molar-refractivity contribution in [1.29, 1.82) is 5.26 Å². The number of hydrogen-bond donors (Lipinski definition) is 2. The molecule has 3 aliphatic rings.